The minimum Gasteiger partial charge on any atom is -0.409 e. The molecule has 0 radical (unpaired) electrons. The minimum absolute atomic E-state index is 0.197. The summed E-state index contributed by atoms with van der Waals surface area (Å²) in [5, 5.41) is 11.3. The van der Waals surface area contributed by atoms with Crippen LogP contribution in [0.4, 0.5) is 0 Å². The average Bonchev–Trinajstić information content (AvgIpc) is 2.09. The van der Waals surface area contributed by atoms with Crippen molar-refractivity contribution in [1.29, 1.82) is 0 Å². The molecule has 1 rings (SSSR count). The number of nitrogens with zero attached hydrogens (tertiary/aromatic N) is 1. The lowest BCUT2D eigenvalue weighted by Crippen LogP contribution is -2.14. The summed E-state index contributed by atoms with van der Waals surface area (Å²) in [6.07, 6.45) is 0.435. The summed E-state index contributed by atoms with van der Waals surface area (Å²) < 4.78 is 1.93. The average molecular weight is 308 g/mol. The Balaban J connectivity index is 2.90. The van der Waals surface area contributed by atoms with E-state index in [4.69, 9.17) is 10.9 Å². The van der Waals surface area contributed by atoms with Gasteiger partial charge in [-0.05, 0) is 17.7 Å². The standard InChI is InChI=1S/C8H8Br2N2O/c9-6-2-1-5(7(10)4-6)3-8(11)12-13/h1-2,4,13H,3H2,(H2,11,12). The Hall–Kier alpha value is -0.550. The molecule has 1 aromatic carbocycles. The van der Waals surface area contributed by atoms with Crippen molar-refractivity contribution in [3.63, 3.8) is 0 Å². The van der Waals surface area contributed by atoms with Crippen LogP contribution in [0.1, 0.15) is 5.56 Å². The molecule has 0 spiro atoms. The van der Waals surface area contributed by atoms with Gasteiger partial charge in [0.05, 0.1) is 0 Å². The normalized spacial score (nSPS) is 11.7. The topological polar surface area (TPSA) is 58.6 Å². The second kappa shape index (κ2) is 4.62. The molecular formula is C8H8Br2N2O. The molecule has 0 aromatic heterocycles. The zero-order valence-corrected chi connectivity index (χ0v) is 9.84. The summed E-state index contributed by atoms with van der Waals surface area (Å²) in [5.74, 6) is 0.197. The number of rotatable bonds is 2. The van der Waals surface area contributed by atoms with E-state index in [1.807, 2.05) is 18.2 Å². The highest BCUT2D eigenvalue weighted by Crippen LogP contribution is 2.22. The maximum atomic E-state index is 8.38. The predicted molar refractivity (Wildman–Crippen MR) is 59.0 cm³/mol. The summed E-state index contributed by atoms with van der Waals surface area (Å²) in [4.78, 5) is 0. The smallest absolute Gasteiger partial charge is 0.143 e. The Kier molecular flexibility index (Phi) is 3.74. The van der Waals surface area contributed by atoms with Gasteiger partial charge in [0.15, 0.2) is 0 Å². The Labute approximate surface area is 92.9 Å². The molecule has 0 bridgehead atoms. The van der Waals surface area contributed by atoms with E-state index in [0.29, 0.717) is 6.42 Å². The van der Waals surface area contributed by atoms with Gasteiger partial charge in [-0.3, -0.25) is 0 Å². The zero-order valence-electron chi connectivity index (χ0n) is 6.67. The van der Waals surface area contributed by atoms with Crippen LogP contribution in [0.15, 0.2) is 32.3 Å². The molecule has 0 aliphatic carbocycles. The van der Waals surface area contributed by atoms with Crippen LogP contribution in [0.3, 0.4) is 0 Å². The predicted octanol–water partition coefficient (Wildman–Crippen LogP) is 2.50. The highest BCUT2D eigenvalue weighted by molar-refractivity contribution is 9.11. The van der Waals surface area contributed by atoms with Crippen molar-refractivity contribution < 1.29 is 5.21 Å². The third-order valence-corrected chi connectivity index (χ3v) is 2.75. The molecule has 0 aliphatic heterocycles. The van der Waals surface area contributed by atoms with Crippen LogP contribution in [0.25, 0.3) is 0 Å². The van der Waals surface area contributed by atoms with Gasteiger partial charge in [-0.25, -0.2) is 0 Å². The largest absolute Gasteiger partial charge is 0.409 e. The maximum Gasteiger partial charge on any atom is 0.143 e. The molecule has 13 heavy (non-hydrogen) atoms. The first-order valence-electron chi connectivity index (χ1n) is 3.54. The number of hydrogen-bond donors (Lipinski definition) is 2. The summed E-state index contributed by atoms with van der Waals surface area (Å²) in [5.41, 5.74) is 6.36. The van der Waals surface area contributed by atoms with Gasteiger partial charge in [0, 0.05) is 15.4 Å². The molecule has 0 fully saturated rings. The van der Waals surface area contributed by atoms with E-state index in [-0.39, 0.29) is 5.84 Å². The van der Waals surface area contributed by atoms with Crippen molar-refractivity contribution in [3.05, 3.63) is 32.7 Å². The lowest BCUT2D eigenvalue weighted by Gasteiger charge is -2.03. The number of oxime groups is 1. The summed E-state index contributed by atoms with van der Waals surface area (Å²) in [7, 11) is 0. The number of halogens is 2. The molecule has 3 N–H and O–H groups in total. The van der Waals surface area contributed by atoms with E-state index in [9.17, 15) is 0 Å². The van der Waals surface area contributed by atoms with E-state index >= 15 is 0 Å². The molecule has 0 heterocycles. The SMILES string of the molecule is N/C(Cc1ccc(Br)cc1Br)=N\O. The lowest BCUT2D eigenvalue weighted by atomic mass is 10.1. The van der Waals surface area contributed by atoms with Crippen molar-refractivity contribution >= 4 is 37.7 Å². The van der Waals surface area contributed by atoms with Gasteiger partial charge in [0.25, 0.3) is 0 Å². The third kappa shape index (κ3) is 3.00. The van der Waals surface area contributed by atoms with E-state index in [1.54, 1.807) is 0 Å². The molecule has 0 atom stereocenters. The number of nitrogens with two attached hydrogens (primary N) is 1. The van der Waals surface area contributed by atoms with Crippen LogP contribution in [-0.2, 0) is 6.42 Å². The quantitative estimate of drug-likeness (QED) is 0.382. The molecule has 0 aliphatic rings. The Morgan fingerprint density at radius 1 is 1.46 bits per heavy atom. The van der Waals surface area contributed by atoms with E-state index in [0.717, 1.165) is 14.5 Å². The lowest BCUT2D eigenvalue weighted by molar-refractivity contribution is 0.317. The van der Waals surface area contributed by atoms with E-state index in [1.165, 1.54) is 0 Å². The number of amidine groups is 1. The van der Waals surface area contributed by atoms with Crippen LogP contribution >= 0.6 is 31.9 Å². The van der Waals surface area contributed by atoms with Crippen molar-refractivity contribution in [3.8, 4) is 0 Å². The molecule has 3 nitrogen and oxygen atoms in total. The van der Waals surface area contributed by atoms with E-state index < -0.39 is 0 Å². The molecule has 0 amide bonds. The Morgan fingerprint density at radius 3 is 2.69 bits per heavy atom. The molecule has 1 aromatic rings. The fraction of sp³-hybridized carbons (Fsp3) is 0.125. The first kappa shape index (κ1) is 10.5. The number of hydrogen-bond acceptors (Lipinski definition) is 2. The van der Waals surface area contributed by atoms with Crippen molar-refractivity contribution in [1.82, 2.24) is 0 Å². The second-order valence-electron chi connectivity index (χ2n) is 2.50. The maximum absolute atomic E-state index is 8.38. The summed E-state index contributed by atoms with van der Waals surface area (Å²) in [6.45, 7) is 0. The fourth-order valence-corrected chi connectivity index (χ4v) is 2.08. The first-order chi connectivity index (χ1) is 6.13. The highest BCUT2D eigenvalue weighted by Gasteiger charge is 2.02. The second-order valence-corrected chi connectivity index (χ2v) is 4.27. The van der Waals surface area contributed by atoms with Gasteiger partial charge in [0.1, 0.15) is 5.84 Å². The van der Waals surface area contributed by atoms with Gasteiger partial charge in [-0.1, -0.05) is 43.1 Å². The van der Waals surface area contributed by atoms with Gasteiger partial charge >= 0.3 is 0 Å². The van der Waals surface area contributed by atoms with Gasteiger partial charge in [-0.2, -0.15) is 0 Å². The van der Waals surface area contributed by atoms with Crippen molar-refractivity contribution in [2.45, 2.75) is 6.42 Å². The Bertz CT molecular complexity index is 339. The first-order valence-corrected chi connectivity index (χ1v) is 5.12. The fourth-order valence-electron chi connectivity index (χ4n) is 0.896. The molecule has 5 heteroatoms. The number of benzene rings is 1. The molecule has 0 saturated heterocycles. The van der Waals surface area contributed by atoms with Crippen LogP contribution in [0, 0.1) is 0 Å². The molecular weight excluding hydrogens is 300 g/mol. The summed E-state index contributed by atoms with van der Waals surface area (Å²) >= 11 is 6.72. The molecule has 0 unspecified atom stereocenters. The molecule has 70 valence electrons. The third-order valence-electron chi connectivity index (χ3n) is 1.52. The van der Waals surface area contributed by atoms with Crippen molar-refractivity contribution in [2.75, 3.05) is 0 Å². The van der Waals surface area contributed by atoms with Gasteiger partial charge in [0.2, 0.25) is 0 Å². The van der Waals surface area contributed by atoms with Gasteiger partial charge < -0.3 is 10.9 Å². The van der Waals surface area contributed by atoms with Crippen LogP contribution < -0.4 is 5.73 Å². The van der Waals surface area contributed by atoms with Crippen LogP contribution in [-0.4, -0.2) is 11.0 Å². The minimum atomic E-state index is 0.197. The Morgan fingerprint density at radius 2 is 2.15 bits per heavy atom. The van der Waals surface area contributed by atoms with E-state index in [2.05, 4.69) is 37.0 Å². The highest BCUT2D eigenvalue weighted by atomic mass is 79.9. The summed E-state index contributed by atoms with van der Waals surface area (Å²) in [6, 6.07) is 5.73. The van der Waals surface area contributed by atoms with Crippen LogP contribution in [0.5, 0.6) is 0 Å². The van der Waals surface area contributed by atoms with Crippen LogP contribution in [0.2, 0.25) is 0 Å². The van der Waals surface area contributed by atoms with Crippen molar-refractivity contribution in [2.24, 2.45) is 10.9 Å². The molecule has 0 saturated carbocycles. The zero-order chi connectivity index (χ0) is 9.84. The monoisotopic (exact) mass is 306 g/mol. The van der Waals surface area contributed by atoms with Gasteiger partial charge in [-0.15, -0.1) is 0 Å².